The van der Waals surface area contributed by atoms with Gasteiger partial charge >= 0.3 is 0 Å². The zero-order valence-corrected chi connectivity index (χ0v) is 36.7. The van der Waals surface area contributed by atoms with E-state index < -0.39 is 55.6 Å². The topological polar surface area (TPSA) is 186 Å². The first-order chi connectivity index (χ1) is 27.2. The molecule has 0 spiro atoms. The minimum atomic E-state index is -1.62. The summed E-state index contributed by atoms with van der Waals surface area (Å²) in [5.74, 6) is 0.0892. The van der Waals surface area contributed by atoms with Crippen molar-refractivity contribution < 1.29 is 49.7 Å². The molecule has 7 N–H and O–H groups in total. The molecule has 332 valence electrons. The lowest BCUT2D eigenvalue weighted by Crippen LogP contribution is -2.60. The van der Waals surface area contributed by atoms with Crippen molar-refractivity contribution in [3.05, 3.63) is 0 Å². The van der Waals surface area contributed by atoms with Crippen molar-refractivity contribution >= 4 is 27.6 Å². The molecule has 2 unspecified atom stereocenters. The predicted molar refractivity (Wildman–Crippen MR) is 227 cm³/mol. The summed E-state index contributed by atoms with van der Waals surface area (Å²) >= 11 is 3.47. The number of nitrogens with one attached hydrogen (secondary N) is 1. The average molecular weight is 867 g/mol. The Hall–Kier alpha value is -0.700. The maximum absolute atomic E-state index is 13.0. The van der Waals surface area contributed by atoms with Crippen LogP contribution in [-0.4, -0.2) is 110 Å². The number of ether oxygens (including phenoxy) is 2. The largest absolute Gasteiger partial charge is 0.394 e. The molecule has 0 aromatic heterocycles. The van der Waals surface area contributed by atoms with Crippen LogP contribution in [0, 0.1) is 0 Å². The summed E-state index contributed by atoms with van der Waals surface area (Å²) in [6.07, 6.45) is 21.5. The SMILES string of the molecule is CCCCCCCCCCCCCC[C@@H](O)[C@@H](O)[C@H](CO[C@H]1OC(CO)[C@H](O)[C@H](O)C1O)NC(=O)CCCCCCCCCC(=O)CCCCCCCCCBr. The van der Waals surface area contributed by atoms with Crippen molar-refractivity contribution in [3.63, 3.8) is 0 Å². The third kappa shape index (κ3) is 26.4. The number of aliphatic hydroxyl groups is 6. The molecule has 0 radical (unpaired) electrons. The van der Waals surface area contributed by atoms with Gasteiger partial charge in [0.2, 0.25) is 5.91 Å². The standard InChI is InChI=1S/C44H84BrNO10/c1-2-3-4-5-6-7-8-9-10-15-20-25-30-37(49)40(51)36(34-55-44-43(54)42(53)41(52)38(33-47)56-44)46-39(50)31-26-21-16-11-13-18-23-28-35(48)29-24-19-14-12-17-22-27-32-45/h36-38,40-44,47,49,51-54H,2-34H2,1H3,(H,46,50)/t36-,37+,38?,40-,41-,42-,43?,44-/m0/s1. The third-order valence-corrected chi connectivity index (χ3v) is 11.8. The quantitative estimate of drug-likeness (QED) is 0.0239. The lowest BCUT2D eigenvalue weighted by atomic mass is 9.98. The van der Waals surface area contributed by atoms with Gasteiger partial charge in [0.1, 0.15) is 36.3 Å². The van der Waals surface area contributed by atoms with Crippen molar-refractivity contribution in [1.82, 2.24) is 5.32 Å². The molecule has 0 aromatic rings. The van der Waals surface area contributed by atoms with E-state index in [0.29, 0.717) is 31.5 Å². The number of hydrogen-bond acceptors (Lipinski definition) is 10. The minimum Gasteiger partial charge on any atom is -0.394 e. The van der Waals surface area contributed by atoms with Crippen LogP contribution in [0.1, 0.15) is 200 Å². The van der Waals surface area contributed by atoms with Crippen molar-refractivity contribution in [3.8, 4) is 0 Å². The Kier molecular flexibility index (Phi) is 34.4. The summed E-state index contributed by atoms with van der Waals surface area (Å²) < 4.78 is 11.1. The van der Waals surface area contributed by atoms with E-state index in [1.165, 1.54) is 83.5 Å². The Balaban J connectivity index is 2.39. The fraction of sp³-hybridized carbons (Fsp3) is 0.955. The van der Waals surface area contributed by atoms with E-state index in [0.717, 1.165) is 82.4 Å². The van der Waals surface area contributed by atoms with E-state index in [2.05, 4.69) is 28.2 Å². The highest BCUT2D eigenvalue weighted by Crippen LogP contribution is 2.23. The van der Waals surface area contributed by atoms with E-state index in [1.807, 2.05) is 0 Å². The molecule has 1 saturated heterocycles. The smallest absolute Gasteiger partial charge is 0.220 e. The van der Waals surface area contributed by atoms with Gasteiger partial charge in [-0.25, -0.2) is 0 Å². The summed E-state index contributed by atoms with van der Waals surface area (Å²) in [6.45, 7) is 1.30. The molecule has 1 heterocycles. The molecule has 0 aliphatic carbocycles. The molecule has 0 aromatic carbocycles. The molecule has 1 fully saturated rings. The maximum atomic E-state index is 13.0. The number of alkyl halides is 1. The maximum Gasteiger partial charge on any atom is 0.220 e. The highest BCUT2D eigenvalue weighted by Gasteiger charge is 2.44. The van der Waals surface area contributed by atoms with Crippen molar-refractivity contribution in [2.45, 2.75) is 249 Å². The Morgan fingerprint density at radius 2 is 1.07 bits per heavy atom. The average Bonchev–Trinajstić information content (AvgIpc) is 3.19. The third-order valence-electron chi connectivity index (χ3n) is 11.2. The Morgan fingerprint density at radius 3 is 1.55 bits per heavy atom. The summed E-state index contributed by atoms with van der Waals surface area (Å²) in [5, 5.41) is 66.1. The first-order valence-electron chi connectivity index (χ1n) is 22.8. The van der Waals surface area contributed by atoms with Crippen molar-refractivity contribution in [2.24, 2.45) is 0 Å². The molecule has 1 aliphatic rings. The van der Waals surface area contributed by atoms with Crippen LogP contribution < -0.4 is 5.32 Å². The number of rotatable bonds is 39. The van der Waals surface area contributed by atoms with Gasteiger partial charge < -0.3 is 45.4 Å². The molecule has 1 amide bonds. The van der Waals surface area contributed by atoms with E-state index in [-0.39, 0.29) is 18.9 Å². The normalized spacial score (nSPS) is 21.5. The highest BCUT2D eigenvalue weighted by atomic mass is 79.9. The van der Waals surface area contributed by atoms with Crippen LogP contribution in [0.3, 0.4) is 0 Å². The fourth-order valence-electron chi connectivity index (χ4n) is 7.46. The molecular weight excluding hydrogens is 782 g/mol. The zero-order valence-electron chi connectivity index (χ0n) is 35.1. The number of carbonyl (C=O) groups excluding carboxylic acids is 2. The first kappa shape index (κ1) is 53.3. The Morgan fingerprint density at radius 1 is 0.625 bits per heavy atom. The lowest BCUT2D eigenvalue weighted by molar-refractivity contribution is -0.303. The monoisotopic (exact) mass is 866 g/mol. The molecule has 8 atom stereocenters. The van der Waals surface area contributed by atoms with E-state index in [4.69, 9.17) is 9.47 Å². The van der Waals surface area contributed by atoms with Gasteiger partial charge in [-0.2, -0.15) is 0 Å². The number of ketones is 1. The number of aliphatic hydroxyl groups excluding tert-OH is 6. The van der Waals surface area contributed by atoms with Crippen LogP contribution in [-0.2, 0) is 19.1 Å². The van der Waals surface area contributed by atoms with Gasteiger partial charge in [-0.05, 0) is 32.1 Å². The summed E-state index contributed by atoms with van der Waals surface area (Å²) in [7, 11) is 0. The molecule has 1 rings (SSSR count). The molecule has 12 heteroatoms. The van der Waals surface area contributed by atoms with E-state index in [9.17, 15) is 40.2 Å². The number of carbonyl (C=O) groups is 2. The second kappa shape index (κ2) is 36.2. The van der Waals surface area contributed by atoms with Gasteiger partial charge in [0.25, 0.3) is 0 Å². The van der Waals surface area contributed by atoms with Gasteiger partial charge in [0.05, 0.1) is 25.4 Å². The Bertz CT molecular complexity index is 930. The number of amides is 1. The predicted octanol–water partition coefficient (Wildman–Crippen LogP) is 7.70. The zero-order chi connectivity index (χ0) is 41.2. The van der Waals surface area contributed by atoms with Crippen LogP contribution in [0.25, 0.3) is 0 Å². The van der Waals surface area contributed by atoms with Gasteiger partial charge in [-0.3, -0.25) is 9.59 Å². The second-order valence-electron chi connectivity index (χ2n) is 16.4. The first-order valence-corrected chi connectivity index (χ1v) is 23.9. The summed E-state index contributed by atoms with van der Waals surface area (Å²) in [4.78, 5) is 25.2. The van der Waals surface area contributed by atoms with Gasteiger partial charge in [-0.1, -0.05) is 164 Å². The number of hydrogen-bond donors (Lipinski definition) is 7. The van der Waals surface area contributed by atoms with E-state index >= 15 is 0 Å². The van der Waals surface area contributed by atoms with Gasteiger partial charge in [-0.15, -0.1) is 0 Å². The fourth-order valence-corrected chi connectivity index (χ4v) is 7.86. The van der Waals surface area contributed by atoms with Crippen LogP contribution in [0.15, 0.2) is 0 Å². The number of Topliss-reactive ketones (excluding diaryl/α,β-unsaturated/α-hetero) is 1. The van der Waals surface area contributed by atoms with Crippen molar-refractivity contribution in [2.75, 3.05) is 18.5 Å². The van der Waals surface area contributed by atoms with Crippen LogP contribution in [0.5, 0.6) is 0 Å². The molecule has 0 saturated carbocycles. The van der Waals surface area contributed by atoms with Gasteiger partial charge in [0, 0.05) is 24.6 Å². The van der Waals surface area contributed by atoms with Crippen LogP contribution in [0.2, 0.25) is 0 Å². The van der Waals surface area contributed by atoms with Crippen molar-refractivity contribution in [1.29, 1.82) is 0 Å². The van der Waals surface area contributed by atoms with Gasteiger partial charge in [0.15, 0.2) is 6.29 Å². The van der Waals surface area contributed by atoms with Crippen LogP contribution in [0.4, 0.5) is 0 Å². The minimum absolute atomic E-state index is 0.240. The molecule has 56 heavy (non-hydrogen) atoms. The second-order valence-corrected chi connectivity index (χ2v) is 17.2. The Labute approximate surface area is 348 Å². The summed E-state index contributed by atoms with van der Waals surface area (Å²) in [5.41, 5.74) is 0. The molecule has 11 nitrogen and oxygen atoms in total. The van der Waals surface area contributed by atoms with Crippen LogP contribution >= 0.6 is 15.9 Å². The number of halogens is 1. The number of unbranched alkanes of at least 4 members (excludes halogenated alkanes) is 23. The molecule has 0 bridgehead atoms. The highest BCUT2D eigenvalue weighted by molar-refractivity contribution is 9.09. The lowest BCUT2D eigenvalue weighted by Gasteiger charge is -2.40. The van der Waals surface area contributed by atoms with E-state index in [1.54, 1.807) is 0 Å². The summed E-state index contributed by atoms with van der Waals surface area (Å²) in [6, 6.07) is -1.01. The molecule has 1 aliphatic heterocycles. The molecular formula is C44H84BrNO10.